The van der Waals surface area contributed by atoms with Crippen LogP contribution < -0.4 is 4.74 Å². The first-order valence-electron chi connectivity index (χ1n) is 4.34. The Hall–Kier alpha value is -1.38. The normalized spacial score (nSPS) is 9.69. The van der Waals surface area contributed by atoms with Crippen LogP contribution in [0.25, 0.3) is 0 Å². The van der Waals surface area contributed by atoms with Gasteiger partial charge >= 0.3 is 0 Å². The van der Waals surface area contributed by atoms with Crippen molar-refractivity contribution in [2.75, 3.05) is 6.61 Å². The van der Waals surface area contributed by atoms with Gasteiger partial charge in [0.15, 0.2) is 0 Å². The summed E-state index contributed by atoms with van der Waals surface area (Å²) in [5.41, 5.74) is 1.33. The maximum atomic E-state index is 10.3. The Bertz CT molecular complexity index is 297. The van der Waals surface area contributed by atoms with Crippen LogP contribution in [0.5, 0.6) is 5.75 Å². The first-order valence-corrected chi connectivity index (χ1v) is 4.34. The van der Waals surface area contributed by atoms with E-state index in [1.54, 1.807) is 12.1 Å². The van der Waals surface area contributed by atoms with Gasteiger partial charge in [0.2, 0.25) is 0 Å². The van der Waals surface area contributed by atoms with Crippen LogP contribution in [0.15, 0.2) is 23.4 Å². The molecule has 3 heteroatoms. The molecule has 0 saturated heterocycles. The topological polar surface area (TPSA) is 38.7 Å². The fraction of sp³-hybridized carbons (Fsp3) is 0.400. The summed E-state index contributed by atoms with van der Waals surface area (Å²) in [7, 11) is 0. The third kappa shape index (κ3) is 2.54. The van der Waals surface area contributed by atoms with Gasteiger partial charge < -0.3 is 4.74 Å². The molecule has 0 bridgehead atoms. The SMILES string of the molecule is CCCOc1ccc(N=O)c(C)c1. The average molecular weight is 179 g/mol. The fourth-order valence-corrected chi connectivity index (χ4v) is 1.04. The lowest BCUT2D eigenvalue weighted by Gasteiger charge is -2.05. The van der Waals surface area contributed by atoms with Crippen LogP contribution in [-0.4, -0.2) is 6.61 Å². The lowest BCUT2D eigenvalue weighted by atomic mass is 10.2. The second-order valence-corrected chi connectivity index (χ2v) is 2.89. The highest BCUT2D eigenvalue weighted by atomic mass is 16.5. The highest BCUT2D eigenvalue weighted by Crippen LogP contribution is 2.23. The predicted molar refractivity (Wildman–Crippen MR) is 52.4 cm³/mol. The number of aryl methyl sites for hydroxylation is 1. The molecular formula is C10H13NO2. The molecule has 0 aromatic heterocycles. The van der Waals surface area contributed by atoms with Crippen molar-refractivity contribution in [2.45, 2.75) is 20.3 Å². The molecule has 13 heavy (non-hydrogen) atoms. The molecule has 1 rings (SSSR count). The van der Waals surface area contributed by atoms with Gasteiger partial charge in [-0.05, 0) is 42.3 Å². The van der Waals surface area contributed by atoms with Gasteiger partial charge in [0.05, 0.1) is 6.61 Å². The molecule has 0 spiro atoms. The molecule has 0 radical (unpaired) electrons. The van der Waals surface area contributed by atoms with Crippen LogP contribution in [-0.2, 0) is 0 Å². The standard InChI is InChI=1S/C10H13NO2/c1-3-6-13-9-4-5-10(11-12)8(2)7-9/h4-5,7H,3,6H2,1-2H3. The Labute approximate surface area is 77.7 Å². The zero-order valence-electron chi connectivity index (χ0n) is 7.91. The Kier molecular flexibility index (Phi) is 3.43. The first kappa shape index (κ1) is 9.71. The summed E-state index contributed by atoms with van der Waals surface area (Å²) in [4.78, 5) is 10.3. The van der Waals surface area contributed by atoms with Crippen molar-refractivity contribution < 1.29 is 4.74 Å². The van der Waals surface area contributed by atoms with Gasteiger partial charge in [0, 0.05) is 0 Å². The molecule has 0 aliphatic rings. The smallest absolute Gasteiger partial charge is 0.119 e. The summed E-state index contributed by atoms with van der Waals surface area (Å²) >= 11 is 0. The van der Waals surface area contributed by atoms with Crippen molar-refractivity contribution in [3.8, 4) is 5.75 Å². The average Bonchev–Trinajstić information content (AvgIpc) is 2.15. The number of ether oxygens (including phenoxy) is 1. The van der Waals surface area contributed by atoms with E-state index >= 15 is 0 Å². The Morgan fingerprint density at radius 1 is 1.46 bits per heavy atom. The second-order valence-electron chi connectivity index (χ2n) is 2.89. The maximum absolute atomic E-state index is 10.3. The van der Waals surface area contributed by atoms with Gasteiger partial charge in [0.25, 0.3) is 0 Å². The molecule has 70 valence electrons. The third-order valence-corrected chi connectivity index (χ3v) is 1.74. The minimum Gasteiger partial charge on any atom is -0.494 e. The number of nitrogens with zero attached hydrogens (tertiary/aromatic N) is 1. The monoisotopic (exact) mass is 179 g/mol. The second kappa shape index (κ2) is 4.60. The van der Waals surface area contributed by atoms with Crippen LogP contribution in [0, 0.1) is 11.8 Å². The van der Waals surface area contributed by atoms with Gasteiger partial charge in [-0.15, -0.1) is 4.91 Å². The molecule has 0 unspecified atom stereocenters. The van der Waals surface area contributed by atoms with E-state index < -0.39 is 0 Å². The molecule has 0 amide bonds. The van der Waals surface area contributed by atoms with Gasteiger partial charge in [-0.1, -0.05) is 6.92 Å². The Morgan fingerprint density at radius 2 is 2.23 bits per heavy atom. The minimum absolute atomic E-state index is 0.476. The summed E-state index contributed by atoms with van der Waals surface area (Å²) < 4.78 is 5.39. The van der Waals surface area contributed by atoms with Crippen molar-refractivity contribution in [3.05, 3.63) is 28.7 Å². The summed E-state index contributed by atoms with van der Waals surface area (Å²) in [6, 6.07) is 5.26. The zero-order valence-corrected chi connectivity index (χ0v) is 7.91. The van der Waals surface area contributed by atoms with E-state index in [2.05, 4.69) is 5.18 Å². The van der Waals surface area contributed by atoms with E-state index in [0.29, 0.717) is 12.3 Å². The summed E-state index contributed by atoms with van der Waals surface area (Å²) in [5, 5.41) is 2.89. The lowest BCUT2D eigenvalue weighted by Crippen LogP contribution is -1.94. The molecule has 1 aromatic carbocycles. The summed E-state index contributed by atoms with van der Waals surface area (Å²) in [6.07, 6.45) is 0.979. The van der Waals surface area contributed by atoms with E-state index in [0.717, 1.165) is 17.7 Å². The number of rotatable bonds is 4. The van der Waals surface area contributed by atoms with Gasteiger partial charge in [-0.25, -0.2) is 0 Å². The largest absolute Gasteiger partial charge is 0.494 e. The minimum atomic E-state index is 0.476. The number of nitroso groups, excluding NO2 is 1. The molecule has 0 N–H and O–H groups in total. The molecular weight excluding hydrogens is 166 g/mol. The highest BCUT2D eigenvalue weighted by Gasteiger charge is 1.99. The van der Waals surface area contributed by atoms with Crippen molar-refractivity contribution in [1.82, 2.24) is 0 Å². The third-order valence-electron chi connectivity index (χ3n) is 1.74. The van der Waals surface area contributed by atoms with Crippen LogP contribution >= 0.6 is 0 Å². The number of hydrogen-bond donors (Lipinski definition) is 0. The number of benzene rings is 1. The molecule has 3 nitrogen and oxygen atoms in total. The van der Waals surface area contributed by atoms with Crippen LogP contribution in [0.2, 0.25) is 0 Å². The predicted octanol–water partition coefficient (Wildman–Crippen LogP) is 3.18. The van der Waals surface area contributed by atoms with E-state index in [1.807, 2.05) is 19.9 Å². The molecule has 0 atom stereocenters. The maximum Gasteiger partial charge on any atom is 0.119 e. The summed E-state index contributed by atoms with van der Waals surface area (Å²) in [6.45, 7) is 4.59. The van der Waals surface area contributed by atoms with Crippen LogP contribution in [0.1, 0.15) is 18.9 Å². The lowest BCUT2D eigenvalue weighted by molar-refractivity contribution is 0.317. The van der Waals surface area contributed by atoms with Crippen LogP contribution in [0.4, 0.5) is 5.69 Å². The van der Waals surface area contributed by atoms with Crippen molar-refractivity contribution in [3.63, 3.8) is 0 Å². The molecule has 0 aliphatic heterocycles. The van der Waals surface area contributed by atoms with Crippen molar-refractivity contribution in [1.29, 1.82) is 0 Å². The van der Waals surface area contributed by atoms with Crippen LogP contribution in [0.3, 0.4) is 0 Å². The van der Waals surface area contributed by atoms with Crippen molar-refractivity contribution >= 4 is 5.69 Å². The molecule has 1 aromatic rings. The molecule has 0 aliphatic carbocycles. The molecule has 0 fully saturated rings. The van der Waals surface area contributed by atoms with Gasteiger partial charge in [-0.2, -0.15) is 0 Å². The van der Waals surface area contributed by atoms with Gasteiger partial charge in [-0.3, -0.25) is 0 Å². The first-order chi connectivity index (χ1) is 6.27. The quantitative estimate of drug-likeness (QED) is 0.666. The Balaban J connectivity index is 2.77. The Morgan fingerprint density at radius 3 is 2.77 bits per heavy atom. The molecule has 0 saturated carbocycles. The zero-order chi connectivity index (χ0) is 9.68. The molecule has 0 heterocycles. The highest BCUT2D eigenvalue weighted by molar-refractivity contribution is 5.48. The van der Waals surface area contributed by atoms with Gasteiger partial charge in [0.1, 0.15) is 11.4 Å². The van der Waals surface area contributed by atoms with E-state index in [-0.39, 0.29) is 0 Å². The number of hydrogen-bond acceptors (Lipinski definition) is 3. The van der Waals surface area contributed by atoms with Crippen molar-refractivity contribution in [2.24, 2.45) is 5.18 Å². The summed E-state index contributed by atoms with van der Waals surface area (Å²) in [5.74, 6) is 0.798. The van der Waals surface area contributed by atoms with E-state index in [4.69, 9.17) is 4.74 Å². The van der Waals surface area contributed by atoms with E-state index in [1.165, 1.54) is 0 Å². The van der Waals surface area contributed by atoms with E-state index in [9.17, 15) is 4.91 Å². The fourth-order valence-electron chi connectivity index (χ4n) is 1.04.